The summed E-state index contributed by atoms with van der Waals surface area (Å²) in [6, 6.07) is 6.65. The quantitative estimate of drug-likeness (QED) is 0.491. The standard InChI is InChI=1S/C21H37N5O2/c1-6-27-19-9-8-17(14-20(19)28-7-2)10-11-23-21(22-3)24-15-18-16-25(4)12-13-26(18)5/h8-9,14,18H,6-7,10-13,15-16H2,1-5H3,(H2,22,23,24). The van der Waals surface area contributed by atoms with E-state index in [9.17, 15) is 0 Å². The highest BCUT2D eigenvalue weighted by molar-refractivity contribution is 5.79. The van der Waals surface area contributed by atoms with Crippen LogP contribution in [0.4, 0.5) is 0 Å². The number of nitrogens with one attached hydrogen (secondary N) is 2. The highest BCUT2D eigenvalue weighted by Crippen LogP contribution is 2.28. The van der Waals surface area contributed by atoms with Gasteiger partial charge in [-0.1, -0.05) is 6.07 Å². The Balaban J connectivity index is 1.81. The van der Waals surface area contributed by atoms with E-state index in [1.54, 1.807) is 0 Å². The first-order valence-corrected chi connectivity index (χ1v) is 10.3. The van der Waals surface area contributed by atoms with Gasteiger partial charge in [-0.2, -0.15) is 0 Å². The maximum absolute atomic E-state index is 5.71. The van der Waals surface area contributed by atoms with Crippen LogP contribution in [0.1, 0.15) is 19.4 Å². The third-order valence-corrected chi connectivity index (χ3v) is 5.02. The Bertz CT molecular complexity index is 623. The molecule has 1 unspecified atom stereocenters. The lowest BCUT2D eigenvalue weighted by atomic mass is 10.1. The Morgan fingerprint density at radius 3 is 2.57 bits per heavy atom. The largest absolute Gasteiger partial charge is 0.490 e. The van der Waals surface area contributed by atoms with Crippen molar-refractivity contribution in [2.45, 2.75) is 26.3 Å². The van der Waals surface area contributed by atoms with E-state index in [0.717, 1.165) is 56.6 Å². The van der Waals surface area contributed by atoms with E-state index in [1.807, 2.05) is 27.0 Å². The number of rotatable bonds is 9. The molecule has 7 nitrogen and oxygen atoms in total. The molecule has 7 heteroatoms. The monoisotopic (exact) mass is 391 g/mol. The molecule has 1 aromatic carbocycles. The van der Waals surface area contributed by atoms with Crippen LogP contribution in [-0.2, 0) is 6.42 Å². The average molecular weight is 392 g/mol. The van der Waals surface area contributed by atoms with Crippen molar-refractivity contribution in [2.24, 2.45) is 4.99 Å². The molecule has 0 aliphatic carbocycles. The van der Waals surface area contributed by atoms with Crippen molar-refractivity contribution in [3.8, 4) is 11.5 Å². The van der Waals surface area contributed by atoms with Crippen LogP contribution in [0.3, 0.4) is 0 Å². The fourth-order valence-corrected chi connectivity index (χ4v) is 3.33. The predicted octanol–water partition coefficient (Wildman–Crippen LogP) is 1.44. The van der Waals surface area contributed by atoms with Crippen molar-refractivity contribution in [1.29, 1.82) is 0 Å². The first kappa shape index (κ1) is 22.3. The van der Waals surface area contributed by atoms with Gasteiger partial charge in [-0.15, -0.1) is 0 Å². The summed E-state index contributed by atoms with van der Waals surface area (Å²) in [7, 11) is 6.19. The van der Waals surface area contributed by atoms with Crippen LogP contribution in [0.2, 0.25) is 0 Å². The third-order valence-electron chi connectivity index (χ3n) is 5.02. The second kappa shape index (κ2) is 11.8. The number of likely N-dealkylation sites (N-methyl/N-ethyl adjacent to an activating group) is 2. The number of hydrogen-bond acceptors (Lipinski definition) is 5. The molecule has 1 aliphatic rings. The number of guanidine groups is 1. The van der Waals surface area contributed by atoms with Crippen molar-refractivity contribution in [3.05, 3.63) is 23.8 Å². The van der Waals surface area contributed by atoms with Crippen molar-refractivity contribution in [3.63, 3.8) is 0 Å². The molecule has 28 heavy (non-hydrogen) atoms. The fourth-order valence-electron chi connectivity index (χ4n) is 3.33. The van der Waals surface area contributed by atoms with Crippen molar-refractivity contribution >= 4 is 5.96 Å². The van der Waals surface area contributed by atoms with E-state index < -0.39 is 0 Å². The van der Waals surface area contributed by atoms with Gasteiger partial charge in [0.15, 0.2) is 17.5 Å². The van der Waals surface area contributed by atoms with Crippen LogP contribution >= 0.6 is 0 Å². The molecule has 2 N–H and O–H groups in total. The van der Waals surface area contributed by atoms with Gasteiger partial charge >= 0.3 is 0 Å². The normalized spacial score (nSPS) is 18.8. The van der Waals surface area contributed by atoms with Gasteiger partial charge in [0.25, 0.3) is 0 Å². The lowest BCUT2D eigenvalue weighted by molar-refractivity contribution is 0.116. The third kappa shape index (κ3) is 6.87. The van der Waals surface area contributed by atoms with Gasteiger partial charge in [-0.25, -0.2) is 0 Å². The Kier molecular flexibility index (Phi) is 9.37. The Labute approximate surface area is 170 Å². The van der Waals surface area contributed by atoms with E-state index >= 15 is 0 Å². The number of hydrogen-bond donors (Lipinski definition) is 2. The SMILES string of the molecule is CCOc1ccc(CCNC(=NC)NCC2CN(C)CCN2C)cc1OCC. The summed E-state index contributed by atoms with van der Waals surface area (Å²) in [6.07, 6.45) is 0.888. The number of ether oxygens (including phenoxy) is 2. The second-order valence-corrected chi connectivity index (χ2v) is 7.17. The highest BCUT2D eigenvalue weighted by Gasteiger charge is 2.21. The number of nitrogens with zero attached hydrogens (tertiary/aromatic N) is 3. The van der Waals surface area contributed by atoms with Crippen LogP contribution in [-0.4, -0.2) is 88.9 Å². The van der Waals surface area contributed by atoms with Gasteiger partial charge in [0, 0.05) is 45.8 Å². The molecule has 0 saturated carbocycles. The summed E-state index contributed by atoms with van der Waals surface area (Å²) in [5.74, 6) is 2.46. The maximum Gasteiger partial charge on any atom is 0.191 e. The topological polar surface area (TPSA) is 61.4 Å². The molecule has 0 radical (unpaired) electrons. The minimum absolute atomic E-state index is 0.497. The zero-order valence-corrected chi connectivity index (χ0v) is 18.1. The Morgan fingerprint density at radius 1 is 1.11 bits per heavy atom. The zero-order valence-electron chi connectivity index (χ0n) is 18.1. The summed E-state index contributed by atoms with van der Waals surface area (Å²) in [4.78, 5) is 9.14. The summed E-state index contributed by atoms with van der Waals surface area (Å²) in [6.45, 7) is 10.2. The van der Waals surface area contributed by atoms with Gasteiger partial charge in [0.2, 0.25) is 0 Å². The van der Waals surface area contributed by atoms with Crippen LogP contribution in [0.15, 0.2) is 23.2 Å². The van der Waals surface area contributed by atoms with E-state index in [1.165, 1.54) is 5.56 Å². The molecule has 1 heterocycles. The van der Waals surface area contributed by atoms with Gasteiger partial charge in [0.05, 0.1) is 13.2 Å². The van der Waals surface area contributed by atoms with Gasteiger partial charge in [-0.3, -0.25) is 9.89 Å². The van der Waals surface area contributed by atoms with E-state index in [4.69, 9.17) is 9.47 Å². The Hall–Kier alpha value is -1.99. The molecule has 0 bridgehead atoms. The lowest BCUT2D eigenvalue weighted by Crippen LogP contribution is -2.55. The average Bonchev–Trinajstić information content (AvgIpc) is 2.69. The zero-order chi connectivity index (χ0) is 20.4. The molecule has 2 rings (SSSR count). The maximum atomic E-state index is 5.71. The molecular weight excluding hydrogens is 354 g/mol. The van der Waals surface area contributed by atoms with Gasteiger partial charge in [-0.05, 0) is 52.1 Å². The fraction of sp³-hybridized carbons (Fsp3) is 0.667. The van der Waals surface area contributed by atoms with Crippen LogP contribution in [0.25, 0.3) is 0 Å². The predicted molar refractivity (Wildman–Crippen MR) is 116 cm³/mol. The number of piperazine rings is 1. The molecule has 1 aromatic rings. The molecule has 1 fully saturated rings. The molecule has 1 atom stereocenters. The molecule has 1 aliphatic heterocycles. The summed E-state index contributed by atoms with van der Waals surface area (Å²) in [5.41, 5.74) is 1.21. The van der Waals surface area contributed by atoms with E-state index in [2.05, 4.69) is 51.7 Å². The molecule has 0 spiro atoms. The van der Waals surface area contributed by atoms with E-state index in [0.29, 0.717) is 19.3 Å². The van der Waals surface area contributed by atoms with Crippen molar-refractivity contribution < 1.29 is 9.47 Å². The lowest BCUT2D eigenvalue weighted by Gasteiger charge is -2.37. The smallest absolute Gasteiger partial charge is 0.191 e. The summed E-state index contributed by atoms with van der Waals surface area (Å²) in [5, 5.41) is 6.87. The van der Waals surface area contributed by atoms with Crippen molar-refractivity contribution in [1.82, 2.24) is 20.4 Å². The molecule has 0 amide bonds. The number of aliphatic imine (C=N–C) groups is 1. The van der Waals surface area contributed by atoms with Crippen LogP contribution < -0.4 is 20.1 Å². The summed E-state index contributed by atoms with van der Waals surface area (Å²) < 4.78 is 11.3. The van der Waals surface area contributed by atoms with Crippen molar-refractivity contribution in [2.75, 3.05) is 67.1 Å². The second-order valence-electron chi connectivity index (χ2n) is 7.17. The van der Waals surface area contributed by atoms with Gasteiger partial charge < -0.3 is 25.0 Å². The van der Waals surface area contributed by atoms with E-state index in [-0.39, 0.29) is 0 Å². The minimum Gasteiger partial charge on any atom is -0.490 e. The first-order valence-electron chi connectivity index (χ1n) is 10.3. The molecule has 1 saturated heterocycles. The van der Waals surface area contributed by atoms with Gasteiger partial charge in [0.1, 0.15) is 0 Å². The highest BCUT2D eigenvalue weighted by atomic mass is 16.5. The Morgan fingerprint density at radius 2 is 1.86 bits per heavy atom. The number of benzene rings is 1. The molecule has 0 aromatic heterocycles. The van der Waals surface area contributed by atoms with Crippen LogP contribution in [0, 0.1) is 0 Å². The minimum atomic E-state index is 0.497. The van der Waals surface area contributed by atoms with Crippen LogP contribution in [0.5, 0.6) is 11.5 Å². The molecule has 158 valence electrons. The first-order chi connectivity index (χ1) is 13.6. The molecular formula is C21H37N5O2. The summed E-state index contributed by atoms with van der Waals surface area (Å²) >= 11 is 0.